The summed E-state index contributed by atoms with van der Waals surface area (Å²) >= 11 is 6.31. The molecule has 1 fully saturated rings. The number of hydrogen-bond acceptors (Lipinski definition) is 4. The fraction of sp³-hybridized carbons (Fsp3) is 0.355. The molecule has 0 spiro atoms. The van der Waals surface area contributed by atoms with Crippen LogP contribution in [0.3, 0.4) is 0 Å². The lowest BCUT2D eigenvalue weighted by atomic mass is 9.81. The van der Waals surface area contributed by atoms with E-state index >= 15 is 0 Å². The third kappa shape index (κ3) is 6.71. The average molecular weight is 569 g/mol. The summed E-state index contributed by atoms with van der Waals surface area (Å²) in [5.41, 5.74) is 0.889. The molecule has 1 aliphatic rings. The number of fused-ring (bicyclic) bond motifs is 1. The Balaban J connectivity index is 0.000000771. The minimum Gasteiger partial charge on any atom is -0.506 e. The molecule has 3 aromatic rings. The molecule has 1 N–H and O–H groups in total. The summed E-state index contributed by atoms with van der Waals surface area (Å²) in [4.78, 5) is 29.2. The van der Waals surface area contributed by atoms with Crippen LogP contribution in [-0.4, -0.2) is 43.5 Å². The van der Waals surface area contributed by atoms with Crippen LogP contribution in [0.5, 0.6) is 5.75 Å². The van der Waals surface area contributed by atoms with E-state index < -0.39 is 22.3 Å². The van der Waals surface area contributed by atoms with Crippen LogP contribution in [0.4, 0.5) is 0 Å². The minimum atomic E-state index is -1.02. The Morgan fingerprint density at radius 1 is 1.21 bits per heavy atom. The Morgan fingerprint density at radius 2 is 1.87 bits per heavy atom. The van der Waals surface area contributed by atoms with Gasteiger partial charge in [0.25, 0.3) is 11.5 Å². The fourth-order valence-corrected chi connectivity index (χ4v) is 6.07. The van der Waals surface area contributed by atoms with Crippen LogP contribution in [0.15, 0.2) is 77.0 Å². The van der Waals surface area contributed by atoms with Crippen LogP contribution in [0.2, 0.25) is 5.02 Å². The van der Waals surface area contributed by atoms with E-state index in [1.807, 2.05) is 44.2 Å². The summed E-state index contributed by atoms with van der Waals surface area (Å²) in [6, 6.07) is 12.9. The molecule has 1 atom stereocenters. The first-order chi connectivity index (χ1) is 18.7. The van der Waals surface area contributed by atoms with Gasteiger partial charge in [0.2, 0.25) is 0 Å². The van der Waals surface area contributed by atoms with E-state index in [0.717, 1.165) is 30.6 Å². The minimum absolute atomic E-state index is 0.0247. The molecule has 39 heavy (non-hydrogen) atoms. The van der Waals surface area contributed by atoms with Gasteiger partial charge in [0.05, 0.1) is 15.9 Å². The Morgan fingerprint density at radius 3 is 2.44 bits per heavy atom. The molecule has 1 amide bonds. The molecular formula is C31H37ClN2O4S. The number of rotatable bonds is 6. The predicted molar refractivity (Wildman–Crippen MR) is 161 cm³/mol. The Labute approximate surface area is 238 Å². The maximum absolute atomic E-state index is 13.6. The molecule has 8 heteroatoms. The number of nitrogens with zero attached hydrogens (tertiary/aromatic N) is 2. The normalized spacial score (nSPS) is 17.9. The maximum atomic E-state index is 13.6. The summed E-state index contributed by atoms with van der Waals surface area (Å²) < 4.78 is 13.2. The van der Waals surface area contributed by atoms with Gasteiger partial charge < -0.3 is 14.6 Å². The van der Waals surface area contributed by atoms with Gasteiger partial charge in [-0.1, -0.05) is 54.6 Å². The summed E-state index contributed by atoms with van der Waals surface area (Å²) in [7, 11) is 0.557. The number of halogens is 1. The van der Waals surface area contributed by atoms with Gasteiger partial charge in [0.1, 0.15) is 11.3 Å². The van der Waals surface area contributed by atoms with Crippen molar-refractivity contribution >= 4 is 39.2 Å². The standard InChI is InChI=1S/C26H29ClN2O4S.C5H8/c1-4-29(18-13-11-16(12-14-18)17-7-5-8-19(15-17)34(3)33)26(32)23-24(30)22-20(27)9-6-10-21(22)28(2)25(23)31;1-3-5-4-2/h5-10,15-16,18,30H,4,11-14H2,1-3H3;3-5H,1H2,2H3/b;5-4-. The van der Waals surface area contributed by atoms with Crippen molar-refractivity contribution in [3.05, 3.63) is 93.8 Å². The number of hydrogen-bond donors (Lipinski definition) is 1. The zero-order chi connectivity index (χ0) is 28.7. The van der Waals surface area contributed by atoms with Gasteiger partial charge in [0, 0.05) is 41.6 Å². The van der Waals surface area contributed by atoms with Crippen LogP contribution in [0.25, 0.3) is 10.9 Å². The van der Waals surface area contributed by atoms with Crippen molar-refractivity contribution in [1.82, 2.24) is 9.47 Å². The third-order valence-corrected chi connectivity index (χ3v) is 8.52. The van der Waals surface area contributed by atoms with Gasteiger partial charge in [-0.25, -0.2) is 0 Å². The zero-order valence-corrected chi connectivity index (χ0v) is 24.6. The number of allylic oxidation sites excluding steroid dienone is 3. The van der Waals surface area contributed by atoms with E-state index in [9.17, 15) is 18.9 Å². The lowest BCUT2D eigenvalue weighted by Crippen LogP contribution is -2.44. The number of amides is 1. The van der Waals surface area contributed by atoms with Gasteiger partial charge in [0.15, 0.2) is 0 Å². The second-order valence-corrected chi connectivity index (χ2v) is 11.4. The molecule has 1 saturated carbocycles. The number of pyridine rings is 1. The highest BCUT2D eigenvalue weighted by molar-refractivity contribution is 7.84. The molecular weight excluding hydrogens is 532 g/mol. The van der Waals surface area contributed by atoms with Crippen molar-refractivity contribution in [3.8, 4) is 5.75 Å². The van der Waals surface area contributed by atoms with Crippen LogP contribution in [0, 0.1) is 0 Å². The molecule has 1 aromatic heterocycles. The molecule has 0 saturated heterocycles. The SMILES string of the molecule is C=C/C=C\C.CCN(C(=O)c1c(O)c2c(Cl)cccc2n(C)c1=O)C1CCC(c2cccc(S(C)=O)c2)CC1. The zero-order valence-electron chi connectivity index (χ0n) is 23.0. The Kier molecular flexibility index (Phi) is 10.7. The maximum Gasteiger partial charge on any atom is 0.267 e. The van der Waals surface area contributed by atoms with Gasteiger partial charge in [-0.3, -0.25) is 13.8 Å². The van der Waals surface area contributed by atoms with E-state index in [-0.39, 0.29) is 17.4 Å². The monoisotopic (exact) mass is 568 g/mol. The van der Waals surface area contributed by atoms with Gasteiger partial charge in [-0.05, 0) is 75.3 Å². The lowest BCUT2D eigenvalue weighted by Gasteiger charge is -2.36. The number of aryl methyl sites for hydroxylation is 1. The highest BCUT2D eigenvalue weighted by Crippen LogP contribution is 2.37. The average Bonchev–Trinajstić information content (AvgIpc) is 2.93. The lowest BCUT2D eigenvalue weighted by molar-refractivity contribution is 0.0635. The quantitative estimate of drug-likeness (QED) is 0.341. The van der Waals surface area contributed by atoms with E-state index in [1.54, 1.807) is 42.5 Å². The van der Waals surface area contributed by atoms with Crippen molar-refractivity contribution in [2.75, 3.05) is 12.8 Å². The fourth-order valence-electron chi connectivity index (χ4n) is 5.24. The molecule has 2 aromatic carbocycles. The Hall–Kier alpha value is -3.16. The van der Waals surface area contributed by atoms with Crippen molar-refractivity contribution in [3.63, 3.8) is 0 Å². The molecule has 208 valence electrons. The first-order valence-electron chi connectivity index (χ1n) is 13.1. The van der Waals surface area contributed by atoms with E-state index in [4.69, 9.17) is 11.6 Å². The van der Waals surface area contributed by atoms with Gasteiger partial charge in [-0.2, -0.15) is 0 Å². The summed E-state index contributed by atoms with van der Waals surface area (Å²) in [6.07, 6.45) is 10.6. The van der Waals surface area contributed by atoms with Crippen molar-refractivity contribution in [2.45, 2.75) is 56.4 Å². The summed E-state index contributed by atoms with van der Waals surface area (Å²) in [6.45, 7) is 7.74. The summed E-state index contributed by atoms with van der Waals surface area (Å²) in [5, 5.41) is 11.5. The van der Waals surface area contributed by atoms with Crippen LogP contribution >= 0.6 is 11.6 Å². The number of benzene rings is 2. The third-order valence-electron chi connectivity index (χ3n) is 7.29. The highest BCUT2D eigenvalue weighted by Gasteiger charge is 2.32. The first-order valence-corrected chi connectivity index (χ1v) is 15.1. The van der Waals surface area contributed by atoms with Gasteiger partial charge in [-0.15, -0.1) is 0 Å². The summed E-state index contributed by atoms with van der Waals surface area (Å²) in [5.74, 6) is -0.478. The Bertz CT molecular complexity index is 1450. The molecule has 0 aliphatic heterocycles. The number of aromatic hydroxyl groups is 1. The largest absolute Gasteiger partial charge is 0.506 e. The van der Waals surface area contributed by atoms with Gasteiger partial charge >= 0.3 is 0 Å². The predicted octanol–water partition coefficient (Wildman–Crippen LogP) is 6.57. The van der Waals surface area contributed by atoms with Crippen molar-refractivity contribution < 1.29 is 14.1 Å². The number of carbonyl (C=O) groups is 1. The molecule has 1 unspecified atom stereocenters. The molecule has 0 bridgehead atoms. The first kappa shape index (κ1) is 30.4. The molecule has 4 rings (SSSR count). The highest BCUT2D eigenvalue weighted by atomic mass is 35.5. The second-order valence-electron chi connectivity index (χ2n) is 9.61. The molecule has 0 radical (unpaired) electrons. The van der Waals surface area contributed by atoms with E-state index in [2.05, 4.69) is 12.6 Å². The number of carbonyl (C=O) groups excluding carboxylic acids is 1. The van der Waals surface area contributed by atoms with Crippen LogP contribution < -0.4 is 5.56 Å². The van der Waals surface area contributed by atoms with E-state index in [1.165, 1.54) is 10.1 Å². The smallest absolute Gasteiger partial charge is 0.267 e. The van der Waals surface area contributed by atoms with Crippen molar-refractivity contribution in [2.24, 2.45) is 7.05 Å². The van der Waals surface area contributed by atoms with Crippen LogP contribution in [-0.2, 0) is 17.8 Å². The molecule has 1 aliphatic carbocycles. The van der Waals surface area contributed by atoms with E-state index in [0.29, 0.717) is 28.4 Å². The van der Waals surface area contributed by atoms with Crippen molar-refractivity contribution in [1.29, 1.82) is 0 Å². The number of aromatic nitrogens is 1. The molecule has 6 nitrogen and oxygen atoms in total. The topological polar surface area (TPSA) is 79.6 Å². The second kappa shape index (κ2) is 13.8. The van der Waals surface area contributed by atoms with Crippen LogP contribution in [0.1, 0.15) is 61.4 Å². The molecule has 1 heterocycles.